The van der Waals surface area contributed by atoms with E-state index < -0.39 is 0 Å². The molecule has 22 heavy (non-hydrogen) atoms. The third kappa shape index (κ3) is 2.83. The fourth-order valence-corrected chi connectivity index (χ4v) is 3.22. The highest BCUT2D eigenvalue weighted by atomic mass is 32.1. The summed E-state index contributed by atoms with van der Waals surface area (Å²) in [4.78, 5) is 6.00. The number of nitrogens with zero attached hydrogens (tertiary/aromatic N) is 1. The molecule has 0 N–H and O–H groups in total. The lowest BCUT2D eigenvalue weighted by Crippen LogP contribution is -1.85. The van der Waals surface area contributed by atoms with Crippen LogP contribution >= 0.6 is 11.3 Å². The molecular formula is C18H17NO2S. The average Bonchev–Trinajstić information content (AvgIpc) is 2.97. The van der Waals surface area contributed by atoms with Crippen molar-refractivity contribution in [3.05, 3.63) is 53.4 Å². The van der Waals surface area contributed by atoms with Crippen molar-refractivity contribution in [1.82, 2.24) is 4.98 Å². The summed E-state index contributed by atoms with van der Waals surface area (Å²) in [6.45, 7) is 2.10. The van der Waals surface area contributed by atoms with Crippen LogP contribution in [0, 0.1) is 6.92 Å². The Morgan fingerprint density at radius 2 is 1.59 bits per heavy atom. The van der Waals surface area contributed by atoms with Gasteiger partial charge in [-0.15, -0.1) is 11.3 Å². The SMILES string of the molecule is COc1ccc(-c2nc(-c3cccc(OC)c3)sc2C)cc1. The molecule has 2 aromatic carbocycles. The Balaban J connectivity index is 1.99. The largest absolute Gasteiger partial charge is 0.497 e. The van der Waals surface area contributed by atoms with Crippen molar-refractivity contribution in [3.63, 3.8) is 0 Å². The van der Waals surface area contributed by atoms with E-state index in [1.807, 2.05) is 42.5 Å². The summed E-state index contributed by atoms with van der Waals surface area (Å²) >= 11 is 1.69. The van der Waals surface area contributed by atoms with Crippen LogP contribution in [0.5, 0.6) is 11.5 Å². The Labute approximate surface area is 134 Å². The highest BCUT2D eigenvalue weighted by Crippen LogP contribution is 2.34. The van der Waals surface area contributed by atoms with Crippen molar-refractivity contribution in [1.29, 1.82) is 0 Å². The fraction of sp³-hybridized carbons (Fsp3) is 0.167. The summed E-state index contributed by atoms with van der Waals surface area (Å²) in [5.74, 6) is 1.70. The van der Waals surface area contributed by atoms with Crippen molar-refractivity contribution in [2.24, 2.45) is 0 Å². The van der Waals surface area contributed by atoms with E-state index in [9.17, 15) is 0 Å². The zero-order chi connectivity index (χ0) is 15.5. The topological polar surface area (TPSA) is 31.4 Å². The first kappa shape index (κ1) is 14.6. The fourth-order valence-electron chi connectivity index (χ4n) is 2.29. The van der Waals surface area contributed by atoms with E-state index in [-0.39, 0.29) is 0 Å². The molecule has 0 aliphatic rings. The number of benzene rings is 2. The van der Waals surface area contributed by atoms with Crippen LogP contribution < -0.4 is 9.47 Å². The van der Waals surface area contributed by atoms with Crippen LogP contribution in [0.3, 0.4) is 0 Å². The van der Waals surface area contributed by atoms with Crippen LogP contribution in [-0.4, -0.2) is 19.2 Å². The van der Waals surface area contributed by atoms with E-state index in [0.29, 0.717) is 0 Å². The molecule has 0 saturated carbocycles. The van der Waals surface area contributed by atoms with Gasteiger partial charge < -0.3 is 9.47 Å². The Bertz CT molecular complexity index is 778. The molecule has 3 nitrogen and oxygen atoms in total. The predicted octanol–water partition coefficient (Wildman–Crippen LogP) is 4.80. The normalized spacial score (nSPS) is 10.5. The van der Waals surface area contributed by atoms with Crippen molar-refractivity contribution in [3.8, 4) is 33.3 Å². The second-order valence-corrected chi connectivity index (χ2v) is 6.09. The van der Waals surface area contributed by atoms with Gasteiger partial charge in [-0.2, -0.15) is 0 Å². The molecule has 4 heteroatoms. The first-order valence-electron chi connectivity index (χ1n) is 6.97. The lowest BCUT2D eigenvalue weighted by molar-refractivity contribution is 0.415. The maximum atomic E-state index is 5.29. The maximum Gasteiger partial charge on any atom is 0.124 e. The Kier molecular flexibility index (Phi) is 4.11. The van der Waals surface area contributed by atoms with Gasteiger partial charge in [0.05, 0.1) is 19.9 Å². The predicted molar refractivity (Wildman–Crippen MR) is 90.8 cm³/mol. The molecule has 0 aliphatic carbocycles. The number of aromatic nitrogens is 1. The van der Waals surface area contributed by atoms with Gasteiger partial charge in [-0.3, -0.25) is 0 Å². The summed E-state index contributed by atoms with van der Waals surface area (Å²) in [6, 6.07) is 16.0. The highest BCUT2D eigenvalue weighted by molar-refractivity contribution is 7.15. The van der Waals surface area contributed by atoms with E-state index in [1.165, 1.54) is 4.88 Å². The zero-order valence-electron chi connectivity index (χ0n) is 12.8. The minimum Gasteiger partial charge on any atom is -0.497 e. The van der Waals surface area contributed by atoms with E-state index in [4.69, 9.17) is 14.5 Å². The van der Waals surface area contributed by atoms with Crippen LogP contribution in [0.1, 0.15) is 4.88 Å². The number of methoxy groups -OCH3 is 2. The van der Waals surface area contributed by atoms with Gasteiger partial charge in [0.15, 0.2) is 0 Å². The molecule has 3 rings (SSSR count). The zero-order valence-corrected chi connectivity index (χ0v) is 13.6. The Morgan fingerprint density at radius 1 is 0.864 bits per heavy atom. The summed E-state index contributed by atoms with van der Waals surface area (Å²) in [5, 5.41) is 1.00. The van der Waals surface area contributed by atoms with Crippen molar-refractivity contribution in [2.45, 2.75) is 6.92 Å². The molecule has 0 spiro atoms. The first-order valence-corrected chi connectivity index (χ1v) is 7.79. The number of hydrogen-bond acceptors (Lipinski definition) is 4. The maximum absolute atomic E-state index is 5.29. The van der Waals surface area contributed by atoms with Crippen LogP contribution in [0.15, 0.2) is 48.5 Å². The number of rotatable bonds is 4. The Morgan fingerprint density at radius 3 is 2.27 bits per heavy atom. The van der Waals surface area contributed by atoms with Crippen molar-refractivity contribution in [2.75, 3.05) is 14.2 Å². The smallest absolute Gasteiger partial charge is 0.124 e. The van der Waals surface area contributed by atoms with Crippen LogP contribution in [0.4, 0.5) is 0 Å². The standard InChI is InChI=1S/C18H17NO2S/c1-12-17(13-7-9-15(20-2)10-8-13)19-18(22-12)14-5-4-6-16(11-14)21-3/h4-11H,1-3H3. The summed E-state index contributed by atoms with van der Waals surface area (Å²) in [7, 11) is 3.35. The average molecular weight is 311 g/mol. The van der Waals surface area contributed by atoms with E-state index in [2.05, 4.69) is 13.0 Å². The highest BCUT2D eigenvalue weighted by Gasteiger charge is 2.12. The second kappa shape index (κ2) is 6.20. The summed E-state index contributed by atoms with van der Waals surface area (Å²) in [6.07, 6.45) is 0. The molecule has 0 fully saturated rings. The van der Waals surface area contributed by atoms with Gasteiger partial charge >= 0.3 is 0 Å². The molecule has 0 saturated heterocycles. The lowest BCUT2D eigenvalue weighted by atomic mass is 10.1. The van der Waals surface area contributed by atoms with Crippen LogP contribution in [0.25, 0.3) is 21.8 Å². The number of thiazole rings is 1. The van der Waals surface area contributed by atoms with Gasteiger partial charge in [-0.05, 0) is 43.3 Å². The molecule has 1 heterocycles. The van der Waals surface area contributed by atoms with Gasteiger partial charge in [0.1, 0.15) is 16.5 Å². The third-order valence-corrected chi connectivity index (χ3v) is 4.50. The van der Waals surface area contributed by atoms with Gasteiger partial charge in [-0.25, -0.2) is 4.98 Å². The Hall–Kier alpha value is -2.33. The van der Waals surface area contributed by atoms with Crippen LogP contribution in [0.2, 0.25) is 0 Å². The lowest BCUT2D eigenvalue weighted by Gasteiger charge is -2.02. The van der Waals surface area contributed by atoms with E-state index >= 15 is 0 Å². The number of ether oxygens (including phenoxy) is 2. The third-order valence-electron chi connectivity index (χ3n) is 3.48. The quantitative estimate of drug-likeness (QED) is 0.693. The molecule has 0 aliphatic heterocycles. The van der Waals surface area contributed by atoms with Crippen LogP contribution in [-0.2, 0) is 0 Å². The van der Waals surface area contributed by atoms with E-state index in [0.717, 1.165) is 33.3 Å². The molecule has 3 aromatic rings. The number of hydrogen-bond donors (Lipinski definition) is 0. The van der Waals surface area contributed by atoms with Crippen molar-refractivity contribution < 1.29 is 9.47 Å². The minimum atomic E-state index is 0.844. The van der Waals surface area contributed by atoms with Gasteiger partial charge in [0.25, 0.3) is 0 Å². The minimum absolute atomic E-state index is 0.844. The molecule has 0 atom stereocenters. The molecule has 1 aromatic heterocycles. The summed E-state index contributed by atoms with van der Waals surface area (Å²) < 4.78 is 10.5. The molecule has 0 unspecified atom stereocenters. The second-order valence-electron chi connectivity index (χ2n) is 4.88. The molecule has 0 amide bonds. The van der Waals surface area contributed by atoms with Gasteiger partial charge in [0, 0.05) is 16.0 Å². The monoisotopic (exact) mass is 311 g/mol. The number of aryl methyl sites for hydroxylation is 1. The van der Waals surface area contributed by atoms with Gasteiger partial charge in [-0.1, -0.05) is 12.1 Å². The molecule has 112 valence electrons. The first-order chi connectivity index (χ1) is 10.7. The van der Waals surface area contributed by atoms with E-state index in [1.54, 1.807) is 25.6 Å². The van der Waals surface area contributed by atoms with Crippen molar-refractivity contribution >= 4 is 11.3 Å². The molecule has 0 bridgehead atoms. The van der Waals surface area contributed by atoms with Gasteiger partial charge in [0.2, 0.25) is 0 Å². The summed E-state index contributed by atoms with van der Waals surface area (Å²) in [5.41, 5.74) is 3.20. The molecular weight excluding hydrogens is 294 g/mol. The molecule has 0 radical (unpaired) electrons.